The minimum atomic E-state index is -3.82. The van der Waals surface area contributed by atoms with Gasteiger partial charge in [-0.05, 0) is 34.4 Å². The van der Waals surface area contributed by atoms with Crippen molar-refractivity contribution in [1.29, 1.82) is 0 Å². The van der Waals surface area contributed by atoms with Gasteiger partial charge < -0.3 is 4.18 Å². The molecule has 0 atom stereocenters. The second-order valence-corrected chi connectivity index (χ2v) is 5.93. The Morgan fingerprint density at radius 1 is 0.905 bits per heavy atom. The number of hydrogen-bond acceptors (Lipinski definition) is 3. The van der Waals surface area contributed by atoms with Crippen LogP contribution in [-0.2, 0) is 14.3 Å². The molecule has 1 radical (unpaired) electrons. The van der Waals surface area contributed by atoms with E-state index in [4.69, 9.17) is 0 Å². The van der Waals surface area contributed by atoms with Gasteiger partial charge in [0.15, 0.2) is 0 Å². The van der Waals surface area contributed by atoms with E-state index >= 15 is 0 Å². The van der Waals surface area contributed by atoms with Gasteiger partial charge >= 0.3 is 10.1 Å². The molecule has 21 heavy (non-hydrogen) atoms. The molecule has 0 aliphatic carbocycles. The molecule has 3 nitrogen and oxygen atoms in total. The van der Waals surface area contributed by atoms with Gasteiger partial charge in [-0.25, -0.2) is 0 Å². The third-order valence-corrected chi connectivity index (χ3v) is 4.45. The van der Waals surface area contributed by atoms with Gasteiger partial charge in [-0.1, -0.05) is 43.0 Å². The zero-order valence-electron chi connectivity index (χ0n) is 11.6. The number of rotatable bonds is 3. The third kappa shape index (κ3) is 2.99. The molecule has 0 N–H and O–H groups in total. The first-order valence-corrected chi connectivity index (χ1v) is 7.48. The Kier molecular flexibility index (Phi) is 4.74. The van der Waals surface area contributed by atoms with E-state index in [1.165, 1.54) is 6.07 Å². The minimum absolute atomic E-state index is 0. The largest absolute Gasteiger partial charge is 0.388 e. The molecule has 0 heterocycles. The maximum Gasteiger partial charge on any atom is 0.339 e. The maximum atomic E-state index is 12.1. The van der Waals surface area contributed by atoms with Crippen LogP contribution >= 0.6 is 0 Å². The fraction of sp³-hybridized carbons (Fsp3) is 0. The molecule has 0 aromatic heterocycles. The van der Waals surface area contributed by atoms with E-state index in [1.807, 2.05) is 42.5 Å². The van der Waals surface area contributed by atoms with Gasteiger partial charge in [-0.15, -0.1) is 0 Å². The molecule has 0 fully saturated rings. The summed E-state index contributed by atoms with van der Waals surface area (Å²) in [6, 6.07) is 16.8. The predicted octanol–water partition coefficient (Wildman–Crippen LogP) is 3.46. The maximum absolute atomic E-state index is 12.1. The smallest absolute Gasteiger partial charge is 0.339 e. The Morgan fingerprint density at radius 2 is 1.52 bits per heavy atom. The zero-order valence-corrected chi connectivity index (χ0v) is 14.4. The summed E-state index contributed by atoms with van der Waals surface area (Å²) in [6.07, 6.45) is 0.926. The van der Waals surface area contributed by atoms with Crippen molar-refractivity contribution in [2.45, 2.75) is 4.90 Å². The van der Waals surface area contributed by atoms with Crippen LogP contribution in [0.4, 0.5) is 0 Å². The first-order chi connectivity index (χ1) is 9.62. The molecule has 0 aliphatic heterocycles. The molecule has 3 aromatic carbocycles. The summed E-state index contributed by atoms with van der Waals surface area (Å²) in [4.78, 5) is 0.153. The minimum Gasteiger partial charge on any atom is -0.388 e. The summed E-state index contributed by atoms with van der Waals surface area (Å²) >= 11 is 0. The van der Waals surface area contributed by atoms with Gasteiger partial charge in [0.2, 0.25) is 0 Å². The van der Waals surface area contributed by atoms with Crippen LogP contribution in [0, 0.1) is 0 Å². The first kappa shape index (κ1) is 16.0. The molecular formula is C16H12NaO3S. The average molecular weight is 307 g/mol. The second-order valence-electron chi connectivity index (χ2n) is 4.39. The fourth-order valence-electron chi connectivity index (χ4n) is 2.30. The summed E-state index contributed by atoms with van der Waals surface area (Å²) in [6.45, 7) is 3.30. The third-order valence-electron chi connectivity index (χ3n) is 3.17. The number of benzene rings is 3. The van der Waals surface area contributed by atoms with Crippen molar-refractivity contribution in [2.24, 2.45) is 0 Å². The van der Waals surface area contributed by atoms with Gasteiger partial charge in [0.05, 0.1) is 6.26 Å². The Hall–Kier alpha value is -1.33. The van der Waals surface area contributed by atoms with E-state index in [0.717, 1.165) is 22.4 Å². The Balaban J connectivity index is 0.00000161. The van der Waals surface area contributed by atoms with Crippen LogP contribution in [0.25, 0.3) is 21.5 Å². The molecular weight excluding hydrogens is 295 g/mol. The molecule has 0 aliphatic rings. The molecule has 3 rings (SSSR count). The van der Waals surface area contributed by atoms with E-state index in [9.17, 15) is 8.42 Å². The van der Waals surface area contributed by atoms with Crippen LogP contribution in [0.3, 0.4) is 0 Å². The zero-order chi connectivity index (χ0) is 14.2. The predicted molar refractivity (Wildman–Crippen MR) is 85.7 cm³/mol. The molecule has 0 bridgehead atoms. The molecule has 0 spiro atoms. The van der Waals surface area contributed by atoms with Crippen LogP contribution in [-0.4, -0.2) is 38.0 Å². The van der Waals surface area contributed by atoms with E-state index in [-0.39, 0.29) is 34.5 Å². The van der Waals surface area contributed by atoms with Crippen LogP contribution < -0.4 is 0 Å². The van der Waals surface area contributed by atoms with E-state index in [0.29, 0.717) is 5.39 Å². The van der Waals surface area contributed by atoms with Crippen molar-refractivity contribution in [3.8, 4) is 0 Å². The van der Waals surface area contributed by atoms with E-state index in [2.05, 4.69) is 10.8 Å². The quantitative estimate of drug-likeness (QED) is 0.322. The van der Waals surface area contributed by atoms with E-state index in [1.54, 1.807) is 6.07 Å². The van der Waals surface area contributed by atoms with Crippen LogP contribution in [0.1, 0.15) is 0 Å². The van der Waals surface area contributed by atoms with Crippen molar-refractivity contribution < 1.29 is 12.6 Å². The SMILES string of the molecule is C=COS(=O)(=O)c1cccc2cc3ccccc3cc12.[Na]. The fourth-order valence-corrected chi connectivity index (χ4v) is 3.27. The monoisotopic (exact) mass is 307 g/mol. The molecule has 0 saturated carbocycles. The summed E-state index contributed by atoms with van der Waals surface area (Å²) in [5, 5.41) is 3.56. The Morgan fingerprint density at radius 3 is 2.19 bits per heavy atom. The van der Waals surface area contributed by atoms with Crippen molar-refractivity contribution in [1.82, 2.24) is 0 Å². The number of hydrogen-bond donors (Lipinski definition) is 0. The summed E-state index contributed by atoms with van der Waals surface area (Å²) in [7, 11) is -3.82. The number of fused-ring (bicyclic) bond motifs is 2. The first-order valence-electron chi connectivity index (χ1n) is 6.07. The van der Waals surface area contributed by atoms with Gasteiger partial charge in [0.25, 0.3) is 0 Å². The normalized spacial score (nSPS) is 11.0. The summed E-state index contributed by atoms with van der Waals surface area (Å²) < 4.78 is 28.8. The summed E-state index contributed by atoms with van der Waals surface area (Å²) in [5.74, 6) is 0. The van der Waals surface area contributed by atoms with Crippen molar-refractivity contribution in [3.05, 3.63) is 67.4 Å². The van der Waals surface area contributed by atoms with Crippen molar-refractivity contribution >= 4 is 61.2 Å². The Bertz CT molecular complexity index is 917. The molecule has 3 aromatic rings. The average Bonchev–Trinajstić information content (AvgIpc) is 2.44. The van der Waals surface area contributed by atoms with Gasteiger partial charge in [0, 0.05) is 34.9 Å². The Labute approximate surface area is 145 Å². The van der Waals surface area contributed by atoms with Gasteiger partial charge in [-0.3, -0.25) is 0 Å². The second kappa shape index (κ2) is 6.20. The van der Waals surface area contributed by atoms with Crippen LogP contribution in [0.15, 0.2) is 72.3 Å². The van der Waals surface area contributed by atoms with Gasteiger partial charge in [0.1, 0.15) is 4.90 Å². The molecule has 0 amide bonds. The van der Waals surface area contributed by atoms with E-state index < -0.39 is 10.1 Å². The molecule has 5 heteroatoms. The molecule has 0 unspecified atom stereocenters. The standard InChI is InChI=1S/C16H12O3S.Na/c1-2-19-20(17,18)16-9-5-8-14-10-12-6-3-4-7-13(12)11-15(14)16;/h2-11H,1H2;. The van der Waals surface area contributed by atoms with Crippen molar-refractivity contribution in [2.75, 3.05) is 0 Å². The topological polar surface area (TPSA) is 43.4 Å². The molecule has 101 valence electrons. The van der Waals surface area contributed by atoms with Gasteiger partial charge in [-0.2, -0.15) is 8.42 Å². The van der Waals surface area contributed by atoms with Crippen LogP contribution in [0.2, 0.25) is 0 Å². The summed E-state index contributed by atoms with van der Waals surface area (Å²) in [5.41, 5.74) is 0. The van der Waals surface area contributed by atoms with Crippen molar-refractivity contribution in [3.63, 3.8) is 0 Å². The van der Waals surface area contributed by atoms with Crippen LogP contribution in [0.5, 0.6) is 0 Å². The molecule has 0 saturated heterocycles.